The van der Waals surface area contributed by atoms with Gasteiger partial charge in [0.1, 0.15) is 0 Å². The van der Waals surface area contributed by atoms with Gasteiger partial charge < -0.3 is 14.8 Å². The average molecular weight is 224 g/mol. The van der Waals surface area contributed by atoms with Crippen molar-refractivity contribution in [3.05, 3.63) is 23.9 Å². The van der Waals surface area contributed by atoms with Crippen LogP contribution in [0.2, 0.25) is 0 Å². The molecule has 1 rings (SSSR count). The smallest absolute Gasteiger partial charge is 0.251 e. The molecule has 88 valence electrons. The van der Waals surface area contributed by atoms with Gasteiger partial charge >= 0.3 is 0 Å². The second-order valence-electron chi connectivity index (χ2n) is 3.19. The highest BCUT2D eigenvalue weighted by atomic mass is 16.5. The van der Waals surface area contributed by atoms with E-state index in [-0.39, 0.29) is 5.91 Å². The van der Waals surface area contributed by atoms with Crippen molar-refractivity contribution in [2.45, 2.75) is 6.42 Å². The number of hydrogen-bond donors (Lipinski definition) is 1. The molecule has 5 heteroatoms. The molecule has 1 N–H and O–H groups in total. The summed E-state index contributed by atoms with van der Waals surface area (Å²) in [5.74, 6) is 0.307. The summed E-state index contributed by atoms with van der Waals surface area (Å²) in [6.07, 6.45) is 2.34. The zero-order valence-electron chi connectivity index (χ0n) is 9.53. The molecule has 0 fully saturated rings. The Labute approximate surface area is 94.8 Å². The van der Waals surface area contributed by atoms with E-state index in [0.29, 0.717) is 24.6 Å². The van der Waals surface area contributed by atoms with Gasteiger partial charge in [-0.15, -0.1) is 0 Å². The number of carbonyl (C=O) groups excluding carboxylic acids is 1. The van der Waals surface area contributed by atoms with Crippen molar-refractivity contribution in [1.29, 1.82) is 0 Å². The first-order chi connectivity index (χ1) is 7.77. The fourth-order valence-corrected chi connectivity index (χ4v) is 1.18. The first kappa shape index (κ1) is 12.4. The van der Waals surface area contributed by atoms with Crippen LogP contribution in [0.3, 0.4) is 0 Å². The SMILES string of the molecule is COCCCNC(=O)c1ccnc(OC)c1. The van der Waals surface area contributed by atoms with Crippen molar-refractivity contribution in [1.82, 2.24) is 10.3 Å². The van der Waals surface area contributed by atoms with Crippen LogP contribution in [-0.4, -0.2) is 38.3 Å². The molecule has 0 bridgehead atoms. The van der Waals surface area contributed by atoms with E-state index in [2.05, 4.69) is 10.3 Å². The van der Waals surface area contributed by atoms with Crippen LogP contribution in [0.25, 0.3) is 0 Å². The number of carbonyl (C=O) groups is 1. The Morgan fingerprint density at radius 3 is 3.00 bits per heavy atom. The van der Waals surface area contributed by atoms with Crippen molar-refractivity contribution in [2.75, 3.05) is 27.4 Å². The minimum absolute atomic E-state index is 0.128. The fraction of sp³-hybridized carbons (Fsp3) is 0.455. The number of ether oxygens (including phenoxy) is 2. The monoisotopic (exact) mass is 224 g/mol. The Kier molecular flexibility index (Phi) is 5.28. The Morgan fingerprint density at radius 1 is 1.50 bits per heavy atom. The Bertz CT molecular complexity index is 342. The molecule has 0 atom stereocenters. The van der Waals surface area contributed by atoms with E-state index in [1.54, 1.807) is 25.4 Å². The first-order valence-electron chi connectivity index (χ1n) is 5.05. The molecule has 0 spiro atoms. The van der Waals surface area contributed by atoms with Gasteiger partial charge in [-0.2, -0.15) is 0 Å². The Morgan fingerprint density at radius 2 is 2.31 bits per heavy atom. The molecule has 5 nitrogen and oxygen atoms in total. The Hall–Kier alpha value is -1.62. The van der Waals surface area contributed by atoms with Crippen LogP contribution in [0.1, 0.15) is 16.8 Å². The standard InChI is InChI=1S/C11H16N2O3/c1-15-7-3-5-13-11(14)9-4-6-12-10(8-9)16-2/h4,6,8H,3,5,7H2,1-2H3,(H,13,14). The summed E-state index contributed by atoms with van der Waals surface area (Å²) in [6, 6.07) is 3.25. The topological polar surface area (TPSA) is 60.5 Å². The molecule has 0 aliphatic carbocycles. The van der Waals surface area contributed by atoms with E-state index >= 15 is 0 Å². The van der Waals surface area contributed by atoms with E-state index in [1.165, 1.54) is 7.11 Å². The highest BCUT2D eigenvalue weighted by Gasteiger charge is 2.05. The molecule has 0 saturated heterocycles. The zero-order valence-corrected chi connectivity index (χ0v) is 9.53. The summed E-state index contributed by atoms with van der Waals surface area (Å²) in [5, 5.41) is 2.78. The summed E-state index contributed by atoms with van der Waals surface area (Å²) in [4.78, 5) is 15.6. The largest absolute Gasteiger partial charge is 0.481 e. The average Bonchev–Trinajstić information content (AvgIpc) is 2.34. The van der Waals surface area contributed by atoms with Gasteiger partial charge in [0.25, 0.3) is 5.91 Å². The quantitative estimate of drug-likeness (QED) is 0.728. The van der Waals surface area contributed by atoms with Crippen LogP contribution in [0.4, 0.5) is 0 Å². The van der Waals surface area contributed by atoms with Crippen LogP contribution in [-0.2, 0) is 4.74 Å². The van der Waals surface area contributed by atoms with Crippen molar-refractivity contribution in [3.8, 4) is 5.88 Å². The number of amides is 1. The summed E-state index contributed by atoms with van der Waals surface area (Å²) < 4.78 is 9.82. The number of aromatic nitrogens is 1. The number of rotatable bonds is 6. The van der Waals surface area contributed by atoms with Crippen LogP contribution >= 0.6 is 0 Å². The maximum atomic E-state index is 11.6. The van der Waals surface area contributed by atoms with Gasteiger partial charge in [-0.3, -0.25) is 4.79 Å². The maximum absolute atomic E-state index is 11.6. The lowest BCUT2D eigenvalue weighted by atomic mass is 10.2. The number of methoxy groups -OCH3 is 2. The summed E-state index contributed by atoms with van der Waals surface area (Å²) in [7, 11) is 3.15. The molecule has 0 aliphatic rings. The van der Waals surface area contributed by atoms with Crippen molar-refractivity contribution in [3.63, 3.8) is 0 Å². The molecular formula is C11H16N2O3. The molecule has 1 amide bonds. The summed E-state index contributed by atoms with van der Waals surface area (Å²) >= 11 is 0. The maximum Gasteiger partial charge on any atom is 0.251 e. The predicted molar refractivity (Wildman–Crippen MR) is 59.6 cm³/mol. The van der Waals surface area contributed by atoms with Crippen molar-refractivity contribution < 1.29 is 14.3 Å². The lowest BCUT2D eigenvalue weighted by molar-refractivity contribution is 0.0948. The van der Waals surface area contributed by atoms with Gasteiger partial charge in [-0.1, -0.05) is 0 Å². The molecule has 1 aromatic rings. The minimum atomic E-state index is -0.128. The van der Waals surface area contributed by atoms with Crippen LogP contribution in [0.5, 0.6) is 5.88 Å². The van der Waals surface area contributed by atoms with Crippen LogP contribution in [0.15, 0.2) is 18.3 Å². The van der Waals surface area contributed by atoms with Gasteiger partial charge in [0.15, 0.2) is 0 Å². The lowest BCUT2D eigenvalue weighted by Gasteiger charge is -2.05. The molecule has 16 heavy (non-hydrogen) atoms. The van der Waals surface area contributed by atoms with E-state index in [9.17, 15) is 4.79 Å². The lowest BCUT2D eigenvalue weighted by Crippen LogP contribution is -2.25. The minimum Gasteiger partial charge on any atom is -0.481 e. The molecule has 1 heterocycles. The van der Waals surface area contributed by atoms with Crippen LogP contribution < -0.4 is 10.1 Å². The van der Waals surface area contributed by atoms with Gasteiger partial charge in [0.05, 0.1) is 7.11 Å². The molecule has 0 aliphatic heterocycles. The van der Waals surface area contributed by atoms with Gasteiger partial charge in [-0.25, -0.2) is 4.98 Å². The van der Waals surface area contributed by atoms with E-state index in [4.69, 9.17) is 9.47 Å². The van der Waals surface area contributed by atoms with Gasteiger partial charge in [-0.05, 0) is 12.5 Å². The normalized spacial score (nSPS) is 9.88. The van der Waals surface area contributed by atoms with Crippen LogP contribution in [0, 0.1) is 0 Å². The molecule has 1 aromatic heterocycles. The van der Waals surface area contributed by atoms with Crippen molar-refractivity contribution >= 4 is 5.91 Å². The molecule has 0 unspecified atom stereocenters. The number of nitrogens with one attached hydrogen (secondary N) is 1. The van der Waals surface area contributed by atoms with E-state index in [0.717, 1.165) is 6.42 Å². The molecule has 0 radical (unpaired) electrons. The molecule has 0 aromatic carbocycles. The number of hydrogen-bond acceptors (Lipinski definition) is 4. The van der Waals surface area contributed by atoms with Gasteiger partial charge in [0, 0.05) is 38.1 Å². The third kappa shape index (κ3) is 3.86. The Balaban J connectivity index is 2.46. The number of nitrogens with zero attached hydrogens (tertiary/aromatic N) is 1. The second-order valence-corrected chi connectivity index (χ2v) is 3.19. The fourth-order valence-electron chi connectivity index (χ4n) is 1.18. The zero-order chi connectivity index (χ0) is 11.8. The first-order valence-corrected chi connectivity index (χ1v) is 5.05. The summed E-state index contributed by atoms with van der Waals surface area (Å²) in [6.45, 7) is 1.23. The second kappa shape index (κ2) is 6.79. The highest BCUT2D eigenvalue weighted by molar-refractivity contribution is 5.94. The van der Waals surface area contributed by atoms with E-state index < -0.39 is 0 Å². The third-order valence-corrected chi connectivity index (χ3v) is 2.02. The molecule has 0 saturated carbocycles. The molecular weight excluding hydrogens is 208 g/mol. The van der Waals surface area contributed by atoms with Crippen molar-refractivity contribution in [2.24, 2.45) is 0 Å². The predicted octanol–water partition coefficient (Wildman–Crippen LogP) is 0.856. The third-order valence-electron chi connectivity index (χ3n) is 2.02. The number of pyridine rings is 1. The van der Waals surface area contributed by atoms with E-state index in [1.807, 2.05) is 0 Å². The summed E-state index contributed by atoms with van der Waals surface area (Å²) in [5.41, 5.74) is 0.546. The highest BCUT2D eigenvalue weighted by Crippen LogP contribution is 2.07. The van der Waals surface area contributed by atoms with Gasteiger partial charge in [0.2, 0.25) is 5.88 Å².